The Morgan fingerprint density at radius 2 is 1.76 bits per heavy atom. The molecule has 0 fully saturated rings. The summed E-state index contributed by atoms with van der Waals surface area (Å²) in [6.45, 7) is 0. The van der Waals surface area contributed by atoms with Gasteiger partial charge in [-0.05, 0) is 54.0 Å². The second-order valence-corrected chi connectivity index (χ2v) is 8.04. The number of halogens is 1. The minimum absolute atomic E-state index is 0.0170. The van der Waals surface area contributed by atoms with Gasteiger partial charge in [-0.2, -0.15) is 0 Å². The molecule has 0 aliphatic heterocycles. The molecule has 0 amide bonds. The highest BCUT2D eigenvalue weighted by Gasteiger charge is 2.13. The normalized spacial score (nSPS) is 11.1. The van der Waals surface area contributed by atoms with Gasteiger partial charge in [0.2, 0.25) is 0 Å². The molecule has 0 saturated carbocycles. The first-order valence-electron chi connectivity index (χ1n) is 10.6. The van der Waals surface area contributed by atoms with Crippen LogP contribution in [0.1, 0.15) is 44.0 Å². The lowest BCUT2D eigenvalue weighted by Crippen LogP contribution is -2.08. The molecule has 1 aromatic heterocycles. The molecule has 4 nitrogen and oxygen atoms in total. The number of benzene rings is 3. The van der Waals surface area contributed by atoms with Crippen LogP contribution >= 0.6 is 11.6 Å². The predicted molar refractivity (Wildman–Crippen MR) is 133 cm³/mol. The smallest absolute Gasteiger partial charge is 0.338 e. The maximum Gasteiger partial charge on any atom is 0.338 e. The summed E-state index contributed by atoms with van der Waals surface area (Å²) in [7, 11) is 1.35. The van der Waals surface area contributed by atoms with E-state index in [9.17, 15) is 9.59 Å². The Hall–Kier alpha value is -3.76. The van der Waals surface area contributed by atoms with Gasteiger partial charge in [0.25, 0.3) is 0 Å². The van der Waals surface area contributed by atoms with Gasteiger partial charge in [-0.3, -0.25) is 4.79 Å². The fourth-order valence-corrected chi connectivity index (χ4v) is 3.80. The van der Waals surface area contributed by atoms with Gasteiger partial charge >= 0.3 is 5.97 Å². The monoisotopic (exact) mass is 455 g/mol. The zero-order chi connectivity index (χ0) is 23.2. The lowest BCUT2D eigenvalue weighted by Gasteiger charge is -2.07. The first-order valence-corrected chi connectivity index (χ1v) is 11.0. The number of rotatable bonds is 7. The molecule has 0 saturated heterocycles. The highest BCUT2D eigenvalue weighted by atomic mass is 35.5. The Morgan fingerprint density at radius 3 is 2.61 bits per heavy atom. The van der Waals surface area contributed by atoms with Gasteiger partial charge in [-0.25, -0.2) is 9.78 Å². The van der Waals surface area contributed by atoms with Crippen molar-refractivity contribution < 1.29 is 14.3 Å². The second-order valence-electron chi connectivity index (χ2n) is 7.60. The van der Waals surface area contributed by atoms with Crippen LogP contribution in [0.4, 0.5) is 0 Å². The number of hydrogen-bond donors (Lipinski definition) is 0. The molecule has 0 spiro atoms. The molecule has 4 rings (SSSR count). The van der Waals surface area contributed by atoms with E-state index in [-0.39, 0.29) is 5.78 Å². The Balaban J connectivity index is 1.47. The Morgan fingerprint density at radius 1 is 0.939 bits per heavy atom. The Labute approximate surface area is 197 Å². The van der Waals surface area contributed by atoms with E-state index in [4.69, 9.17) is 16.3 Å². The minimum Gasteiger partial charge on any atom is -0.465 e. The van der Waals surface area contributed by atoms with E-state index in [2.05, 4.69) is 4.98 Å². The number of hydrogen-bond acceptors (Lipinski definition) is 4. The molecule has 1 heterocycles. The van der Waals surface area contributed by atoms with Crippen LogP contribution in [0.25, 0.3) is 23.1 Å². The zero-order valence-electron chi connectivity index (χ0n) is 18.1. The van der Waals surface area contributed by atoms with Crippen molar-refractivity contribution in [3.05, 3.63) is 112 Å². The number of fused-ring (bicyclic) bond motifs is 1. The summed E-state index contributed by atoms with van der Waals surface area (Å²) >= 11 is 6.07. The van der Waals surface area contributed by atoms with E-state index in [1.165, 1.54) is 7.11 Å². The van der Waals surface area contributed by atoms with Gasteiger partial charge in [-0.15, -0.1) is 0 Å². The Kier molecular flexibility index (Phi) is 6.96. The van der Waals surface area contributed by atoms with Crippen molar-refractivity contribution in [3.8, 4) is 0 Å². The number of ketones is 1. The highest BCUT2D eigenvalue weighted by Crippen LogP contribution is 2.20. The van der Waals surface area contributed by atoms with Crippen molar-refractivity contribution >= 4 is 46.4 Å². The number of Topliss-reactive ketones (excluding diaryl/α,β-unsaturated/α-hetero) is 1. The summed E-state index contributed by atoms with van der Waals surface area (Å²) in [5.41, 5.74) is 4.47. The predicted octanol–water partition coefficient (Wildman–Crippen LogP) is 6.66. The third kappa shape index (κ3) is 5.54. The highest BCUT2D eigenvalue weighted by molar-refractivity contribution is 6.31. The summed E-state index contributed by atoms with van der Waals surface area (Å²) < 4.78 is 4.83. The van der Waals surface area contributed by atoms with E-state index in [0.29, 0.717) is 29.0 Å². The van der Waals surface area contributed by atoms with Crippen molar-refractivity contribution in [2.24, 2.45) is 0 Å². The van der Waals surface area contributed by atoms with E-state index < -0.39 is 5.97 Å². The molecule has 0 N–H and O–H groups in total. The standard InChI is InChI=1S/C28H22ClNO3/c1-33-28(32)25-8-3-2-6-20(25)12-16-27(31)22-7-4-5-19(17-22)9-14-24-15-11-21-10-13-23(29)18-26(21)30-24/h2-11,13-15,17-18H,12,16H2,1H3/b14-9+. The quantitative estimate of drug-likeness (QED) is 0.231. The topological polar surface area (TPSA) is 56.3 Å². The van der Waals surface area contributed by atoms with E-state index in [0.717, 1.165) is 27.7 Å². The summed E-state index contributed by atoms with van der Waals surface area (Å²) in [4.78, 5) is 29.4. The summed E-state index contributed by atoms with van der Waals surface area (Å²) in [5, 5.41) is 1.68. The van der Waals surface area contributed by atoms with Crippen molar-refractivity contribution in [2.75, 3.05) is 7.11 Å². The Bertz CT molecular complexity index is 1360. The first kappa shape index (κ1) is 22.4. The molecule has 0 bridgehead atoms. The van der Waals surface area contributed by atoms with E-state index >= 15 is 0 Å². The molecule has 0 aliphatic rings. The van der Waals surface area contributed by atoms with Crippen molar-refractivity contribution in [1.82, 2.24) is 4.98 Å². The van der Waals surface area contributed by atoms with Crippen LogP contribution in [0.2, 0.25) is 5.02 Å². The second kappa shape index (κ2) is 10.2. The number of nitrogens with zero attached hydrogens (tertiary/aromatic N) is 1. The number of esters is 1. The van der Waals surface area contributed by atoms with E-state index in [1.807, 2.05) is 78.9 Å². The lowest BCUT2D eigenvalue weighted by atomic mass is 9.98. The van der Waals surface area contributed by atoms with Crippen LogP contribution in [0.5, 0.6) is 0 Å². The molecule has 4 aromatic rings. The summed E-state index contributed by atoms with van der Waals surface area (Å²) in [5.74, 6) is -0.377. The molecule has 0 atom stereocenters. The van der Waals surface area contributed by atoms with Gasteiger partial charge < -0.3 is 4.74 Å². The molecule has 0 aliphatic carbocycles. The van der Waals surface area contributed by atoms with Gasteiger partial charge in [0.1, 0.15) is 0 Å². The molecule has 33 heavy (non-hydrogen) atoms. The van der Waals surface area contributed by atoms with Crippen LogP contribution in [0, 0.1) is 0 Å². The molecular formula is C28H22ClNO3. The van der Waals surface area contributed by atoms with Crippen LogP contribution < -0.4 is 0 Å². The minimum atomic E-state index is -0.394. The van der Waals surface area contributed by atoms with Crippen LogP contribution in [-0.2, 0) is 11.2 Å². The van der Waals surface area contributed by atoms with Crippen molar-refractivity contribution in [1.29, 1.82) is 0 Å². The number of carbonyl (C=O) groups is 2. The molecular weight excluding hydrogens is 434 g/mol. The van der Waals surface area contributed by atoms with Crippen molar-refractivity contribution in [2.45, 2.75) is 12.8 Å². The maximum atomic E-state index is 12.8. The number of ether oxygens (including phenoxy) is 1. The zero-order valence-corrected chi connectivity index (χ0v) is 18.9. The fraction of sp³-hybridized carbons (Fsp3) is 0.107. The molecule has 0 unspecified atom stereocenters. The fourth-order valence-electron chi connectivity index (χ4n) is 3.64. The van der Waals surface area contributed by atoms with Gasteiger partial charge in [-0.1, -0.05) is 66.2 Å². The third-order valence-corrected chi connectivity index (χ3v) is 5.61. The third-order valence-electron chi connectivity index (χ3n) is 5.37. The van der Waals surface area contributed by atoms with Gasteiger partial charge in [0.15, 0.2) is 5.78 Å². The van der Waals surface area contributed by atoms with E-state index in [1.54, 1.807) is 12.1 Å². The van der Waals surface area contributed by atoms with Crippen LogP contribution in [0.15, 0.2) is 78.9 Å². The van der Waals surface area contributed by atoms with Gasteiger partial charge in [0.05, 0.1) is 23.9 Å². The summed E-state index contributed by atoms with van der Waals surface area (Å²) in [6.07, 6.45) is 4.61. The molecule has 5 heteroatoms. The van der Waals surface area contributed by atoms with Gasteiger partial charge in [0, 0.05) is 22.4 Å². The number of aromatic nitrogens is 1. The number of pyridine rings is 1. The summed E-state index contributed by atoms with van der Waals surface area (Å²) in [6, 6.07) is 24.3. The molecule has 3 aromatic carbocycles. The SMILES string of the molecule is COC(=O)c1ccccc1CCC(=O)c1cccc(/C=C/c2ccc3ccc(Cl)cc3n2)c1. The van der Waals surface area contributed by atoms with Crippen LogP contribution in [0.3, 0.4) is 0 Å². The van der Waals surface area contributed by atoms with Crippen molar-refractivity contribution in [3.63, 3.8) is 0 Å². The average Bonchev–Trinajstić information content (AvgIpc) is 2.85. The lowest BCUT2D eigenvalue weighted by molar-refractivity contribution is 0.0599. The number of carbonyl (C=O) groups excluding carboxylic acids is 2. The number of methoxy groups -OCH3 is 1. The largest absolute Gasteiger partial charge is 0.465 e. The molecule has 0 radical (unpaired) electrons. The molecule has 164 valence electrons. The first-order chi connectivity index (χ1) is 16.0. The van der Waals surface area contributed by atoms with Crippen LogP contribution in [-0.4, -0.2) is 23.8 Å². The maximum absolute atomic E-state index is 12.8. The number of aryl methyl sites for hydroxylation is 1. The average molecular weight is 456 g/mol.